The number of rotatable bonds is 5. The Kier molecular flexibility index (Phi) is 5.92. The van der Waals surface area contributed by atoms with Crippen molar-refractivity contribution < 1.29 is 55.1 Å². The van der Waals surface area contributed by atoms with Crippen molar-refractivity contribution in [3.63, 3.8) is 0 Å². The normalized spacial score (nSPS) is 51.1. The third-order valence-electron chi connectivity index (χ3n) is 4.02. The number of aliphatic hydroxyl groups is 8. The number of ether oxygens (including phenoxy) is 3. The first-order chi connectivity index (χ1) is 10.7. The average Bonchev–Trinajstić information content (AvgIpc) is 2.77. The molecule has 2 saturated heterocycles. The summed E-state index contributed by atoms with van der Waals surface area (Å²) in [5, 5.41) is 76.1. The molecule has 0 radical (unpaired) electrons. The quantitative estimate of drug-likeness (QED) is 0.238. The van der Waals surface area contributed by atoms with E-state index in [4.69, 9.17) is 24.4 Å². The van der Waals surface area contributed by atoms with Crippen LogP contribution in [-0.4, -0.2) is 115 Å². The van der Waals surface area contributed by atoms with Gasteiger partial charge in [0.1, 0.15) is 42.7 Å². The van der Waals surface area contributed by atoms with Gasteiger partial charge < -0.3 is 55.1 Å². The minimum Gasteiger partial charge on any atom is -0.394 e. The van der Waals surface area contributed by atoms with Crippen molar-refractivity contribution in [3.8, 4) is 0 Å². The fourth-order valence-corrected chi connectivity index (χ4v) is 2.53. The van der Waals surface area contributed by atoms with E-state index in [1.54, 1.807) is 0 Å². The highest BCUT2D eigenvalue weighted by atomic mass is 16.7. The second-order valence-corrected chi connectivity index (χ2v) is 5.63. The lowest BCUT2D eigenvalue weighted by Crippen LogP contribution is -2.59. The molecule has 0 aliphatic carbocycles. The first-order valence-electron chi connectivity index (χ1n) is 7.04. The van der Waals surface area contributed by atoms with E-state index < -0.39 is 74.6 Å². The fraction of sp³-hybridized carbons (Fsp3) is 1.00. The molecule has 0 aromatic rings. The summed E-state index contributed by atoms with van der Waals surface area (Å²) in [6, 6.07) is 0. The second-order valence-electron chi connectivity index (χ2n) is 5.63. The van der Waals surface area contributed by atoms with Crippen LogP contribution >= 0.6 is 0 Å². The van der Waals surface area contributed by atoms with Crippen LogP contribution in [0.3, 0.4) is 0 Å². The zero-order valence-corrected chi connectivity index (χ0v) is 12.0. The van der Waals surface area contributed by atoms with Gasteiger partial charge in [-0.15, -0.1) is 0 Å². The highest BCUT2D eigenvalue weighted by molar-refractivity contribution is 4.95. The third-order valence-corrected chi connectivity index (χ3v) is 4.02. The first-order valence-corrected chi connectivity index (χ1v) is 7.04. The minimum atomic E-state index is -2.34. The molecule has 11 heteroatoms. The van der Waals surface area contributed by atoms with Gasteiger partial charge in [-0.2, -0.15) is 0 Å². The maximum Gasteiger partial charge on any atom is 0.219 e. The molecule has 0 bridgehead atoms. The molecule has 11 nitrogen and oxygen atoms in total. The molecule has 0 aromatic carbocycles. The molecule has 2 fully saturated rings. The fourth-order valence-electron chi connectivity index (χ4n) is 2.53. The molecule has 2 aliphatic rings. The Hall–Kier alpha value is -0.440. The molecule has 4 unspecified atom stereocenters. The van der Waals surface area contributed by atoms with Crippen molar-refractivity contribution in [1.82, 2.24) is 0 Å². The Bertz CT molecular complexity index is 393. The summed E-state index contributed by atoms with van der Waals surface area (Å²) in [7, 11) is 0. The maximum atomic E-state index is 9.78. The zero-order chi connectivity index (χ0) is 17.4. The van der Waals surface area contributed by atoms with Crippen LogP contribution in [0, 0.1) is 0 Å². The summed E-state index contributed by atoms with van der Waals surface area (Å²) < 4.78 is 15.2. The molecule has 0 amide bonds. The van der Waals surface area contributed by atoms with Crippen LogP contribution in [0.1, 0.15) is 0 Å². The molecular weight excluding hydrogens is 320 g/mol. The Labute approximate surface area is 130 Å². The summed E-state index contributed by atoms with van der Waals surface area (Å²) in [6.45, 7) is -2.05. The van der Waals surface area contributed by atoms with Gasteiger partial charge in [-0.3, -0.25) is 0 Å². The van der Waals surface area contributed by atoms with Gasteiger partial charge in [0.05, 0.1) is 19.8 Å². The van der Waals surface area contributed by atoms with E-state index in [9.17, 15) is 30.6 Å². The van der Waals surface area contributed by atoms with E-state index in [2.05, 4.69) is 0 Å². The summed E-state index contributed by atoms with van der Waals surface area (Å²) in [6.07, 6.45) is -12.0. The van der Waals surface area contributed by atoms with Gasteiger partial charge in [0.15, 0.2) is 6.29 Å². The molecule has 0 aromatic heterocycles. The predicted molar refractivity (Wildman–Crippen MR) is 68.6 cm³/mol. The molecule has 136 valence electrons. The SMILES string of the molecule is OCC1O[C@@H](OC[C@H]2OC(O)(CO)C(O)[C@H]2O)C(O)[C@@H](O)[C@H]1O. The number of hydrogen-bond donors (Lipinski definition) is 8. The van der Waals surface area contributed by atoms with Crippen molar-refractivity contribution in [2.75, 3.05) is 19.8 Å². The van der Waals surface area contributed by atoms with Gasteiger partial charge in [0, 0.05) is 0 Å². The van der Waals surface area contributed by atoms with Crippen molar-refractivity contribution in [2.24, 2.45) is 0 Å². The highest BCUT2D eigenvalue weighted by Gasteiger charge is 2.53. The van der Waals surface area contributed by atoms with E-state index in [1.807, 2.05) is 0 Å². The maximum absolute atomic E-state index is 9.78. The van der Waals surface area contributed by atoms with Crippen LogP contribution in [-0.2, 0) is 14.2 Å². The predicted octanol–water partition coefficient (Wildman–Crippen LogP) is -5.40. The topological polar surface area (TPSA) is 190 Å². The van der Waals surface area contributed by atoms with E-state index in [0.29, 0.717) is 0 Å². The molecule has 2 rings (SSSR count). The lowest BCUT2D eigenvalue weighted by Gasteiger charge is -2.39. The average molecular weight is 342 g/mol. The molecule has 8 N–H and O–H groups in total. The molecule has 0 spiro atoms. The lowest BCUT2D eigenvalue weighted by atomic mass is 9.99. The molecular formula is C12H22O11. The standard InChI is InChI=1S/C12H22O11/c13-1-4-6(15)8(17)9(18)11(22-4)21-2-5-7(16)10(19)12(20,3-14)23-5/h4-11,13-20H,1-3H2/t4?,5-,6+,7+,8+,9?,10?,11-,12?/m1/s1. The van der Waals surface area contributed by atoms with Crippen LogP contribution in [0.25, 0.3) is 0 Å². The third kappa shape index (κ3) is 3.50. The highest BCUT2D eigenvalue weighted by Crippen LogP contribution is 2.30. The monoisotopic (exact) mass is 342 g/mol. The van der Waals surface area contributed by atoms with Crippen LogP contribution in [0.4, 0.5) is 0 Å². The first kappa shape index (κ1) is 18.9. The molecule has 2 aliphatic heterocycles. The Morgan fingerprint density at radius 3 is 2.04 bits per heavy atom. The summed E-state index contributed by atoms with van der Waals surface area (Å²) in [4.78, 5) is 0. The molecule has 23 heavy (non-hydrogen) atoms. The summed E-state index contributed by atoms with van der Waals surface area (Å²) in [5.74, 6) is -2.34. The van der Waals surface area contributed by atoms with Crippen molar-refractivity contribution in [3.05, 3.63) is 0 Å². The van der Waals surface area contributed by atoms with E-state index in [-0.39, 0.29) is 0 Å². The van der Waals surface area contributed by atoms with E-state index in [0.717, 1.165) is 0 Å². The summed E-state index contributed by atoms with van der Waals surface area (Å²) >= 11 is 0. The Morgan fingerprint density at radius 1 is 0.870 bits per heavy atom. The molecule has 9 atom stereocenters. The number of hydrogen-bond acceptors (Lipinski definition) is 11. The number of aliphatic hydroxyl groups excluding tert-OH is 7. The minimum absolute atomic E-state index is 0.469. The lowest BCUT2D eigenvalue weighted by molar-refractivity contribution is -0.310. The van der Waals surface area contributed by atoms with Gasteiger partial charge in [-0.05, 0) is 0 Å². The van der Waals surface area contributed by atoms with E-state index >= 15 is 0 Å². The van der Waals surface area contributed by atoms with Crippen LogP contribution in [0.2, 0.25) is 0 Å². The zero-order valence-electron chi connectivity index (χ0n) is 12.0. The van der Waals surface area contributed by atoms with Crippen LogP contribution in [0.5, 0.6) is 0 Å². The van der Waals surface area contributed by atoms with Crippen molar-refractivity contribution in [1.29, 1.82) is 0 Å². The molecule has 2 heterocycles. The smallest absolute Gasteiger partial charge is 0.219 e. The van der Waals surface area contributed by atoms with Gasteiger partial charge in [-0.1, -0.05) is 0 Å². The van der Waals surface area contributed by atoms with E-state index in [1.165, 1.54) is 0 Å². The van der Waals surface area contributed by atoms with Gasteiger partial charge in [0.2, 0.25) is 5.79 Å². The van der Waals surface area contributed by atoms with Gasteiger partial charge in [0.25, 0.3) is 0 Å². The Balaban J connectivity index is 1.95. The molecule has 0 saturated carbocycles. The second kappa shape index (κ2) is 7.21. The largest absolute Gasteiger partial charge is 0.394 e. The Morgan fingerprint density at radius 2 is 1.52 bits per heavy atom. The van der Waals surface area contributed by atoms with Gasteiger partial charge >= 0.3 is 0 Å². The van der Waals surface area contributed by atoms with Crippen LogP contribution < -0.4 is 0 Å². The van der Waals surface area contributed by atoms with Crippen molar-refractivity contribution in [2.45, 2.75) is 54.8 Å². The van der Waals surface area contributed by atoms with Gasteiger partial charge in [-0.25, -0.2) is 0 Å². The van der Waals surface area contributed by atoms with Crippen LogP contribution in [0.15, 0.2) is 0 Å². The van der Waals surface area contributed by atoms with Crippen molar-refractivity contribution >= 4 is 0 Å². The summed E-state index contributed by atoms with van der Waals surface area (Å²) in [5.41, 5.74) is 0.